The van der Waals surface area contributed by atoms with Gasteiger partial charge in [-0.15, -0.1) is 0 Å². The van der Waals surface area contributed by atoms with Crippen LogP contribution in [0.4, 0.5) is 0 Å². The van der Waals surface area contributed by atoms with Gasteiger partial charge in [0.25, 0.3) is 0 Å². The maximum Gasteiger partial charge on any atom is 0.306 e. The summed E-state index contributed by atoms with van der Waals surface area (Å²) in [4.78, 5) is 11.7. The molecular formula is C44H68N2O3. The quantitative estimate of drug-likeness (QED) is 0.169. The molecule has 1 aliphatic heterocycles. The van der Waals surface area contributed by atoms with Crippen molar-refractivity contribution in [2.75, 3.05) is 26.2 Å². The lowest BCUT2D eigenvalue weighted by Crippen LogP contribution is -2.68. The standard InChI is InChI=1S/C44H68N2O3/c1-27(2)31-14-19-44(46-23-22-45-25-35-32-24-30(32)26-49-35)21-20-42(6)34(38(31)44)12-13-37-41(5)17-15-33(28-8-10-29(11-9-28)39(47)48)40(3,4)36(41)16-18-43(37,42)7/h8,15,29-32,34-38,45-46H,1,9-14,16-26H2,2-7H3,(H,47,48)/t29?,30-,31-,32?,34+,35+,36-,37+,38+,41-,42+,43+,44-/m0/s1. The van der Waals surface area contributed by atoms with E-state index in [0.717, 1.165) is 62.8 Å². The van der Waals surface area contributed by atoms with Crippen LogP contribution in [-0.4, -0.2) is 49.0 Å². The zero-order valence-corrected chi connectivity index (χ0v) is 31.8. The van der Waals surface area contributed by atoms with Crippen molar-refractivity contribution < 1.29 is 14.6 Å². The molecule has 8 aliphatic rings. The fourth-order valence-corrected chi connectivity index (χ4v) is 15.1. The molecule has 3 N–H and O–H groups in total. The van der Waals surface area contributed by atoms with Crippen LogP contribution in [0.5, 0.6) is 0 Å². The van der Waals surface area contributed by atoms with Crippen molar-refractivity contribution in [3.05, 3.63) is 35.5 Å². The second-order valence-corrected chi connectivity index (χ2v) is 20.1. The van der Waals surface area contributed by atoms with E-state index in [4.69, 9.17) is 4.74 Å². The van der Waals surface area contributed by atoms with E-state index in [-0.39, 0.29) is 16.9 Å². The summed E-state index contributed by atoms with van der Waals surface area (Å²) in [5.41, 5.74) is 5.80. The Bertz CT molecular complexity index is 1410. The van der Waals surface area contributed by atoms with E-state index in [0.29, 0.717) is 46.5 Å². The van der Waals surface area contributed by atoms with Gasteiger partial charge in [0.1, 0.15) is 0 Å². The topological polar surface area (TPSA) is 70.6 Å². The number of ether oxygens (including phenoxy) is 1. The molecule has 0 aromatic heterocycles. The molecule has 5 nitrogen and oxygen atoms in total. The first kappa shape index (κ1) is 34.6. The maximum absolute atomic E-state index is 11.7. The van der Waals surface area contributed by atoms with Gasteiger partial charge in [0.15, 0.2) is 0 Å². The van der Waals surface area contributed by atoms with E-state index in [1.807, 2.05) is 0 Å². The van der Waals surface area contributed by atoms with Crippen LogP contribution >= 0.6 is 0 Å². The van der Waals surface area contributed by atoms with Crippen LogP contribution in [0.15, 0.2) is 35.5 Å². The summed E-state index contributed by atoms with van der Waals surface area (Å²) in [5, 5.41) is 17.7. The number of hydrogen-bond acceptors (Lipinski definition) is 4. The van der Waals surface area contributed by atoms with Crippen molar-refractivity contribution in [2.45, 2.75) is 137 Å². The second kappa shape index (κ2) is 12.1. The van der Waals surface area contributed by atoms with Crippen LogP contribution in [0.3, 0.4) is 0 Å². The molecular weight excluding hydrogens is 604 g/mol. The number of fused-ring (bicyclic) bond motifs is 8. The highest BCUT2D eigenvalue weighted by Gasteiger charge is 2.70. The third-order valence-electron chi connectivity index (χ3n) is 17.9. The fraction of sp³-hybridized carbons (Fsp3) is 0.841. The summed E-state index contributed by atoms with van der Waals surface area (Å²) >= 11 is 0. The summed E-state index contributed by atoms with van der Waals surface area (Å²) in [6, 6.07) is 0. The zero-order valence-electron chi connectivity index (χ0n) is 31.8. The van der Waals surface area contributed by atoms with Crippen LogP contribution in [0.25, 0.3) is 0 Å². The SMILES string of the molecule is C=C(C)[C@@H]1CC[C@]2(NCCNC[C@H]3OC[C@@H]4CC43)CC[C@]3(C)[C@H](CC[C@@H]4[C@@]5(C)CC=C(C6=CCC(C(=O)O)CC6)C(C)(C)[C@@H]5CC[C@]43C)[C@@H]12. The highest BCUT2D eigenvalue weighted by molar-refractivity contribution is 5.70. The lowest BCUT2D eigenvalue weighted by Gasteiger charge is -2.72. The maximum atomic E-state index is 11.7. The minimum atomic E-state index is -0.628. The number of allylic oxidation sites excluding steroid dienone is 5. The summed E-state index contributed by atoms with van der Waals surface area (Å²) in [6.45, 7) is 24.4. The third kappa shape index (κ3) is 5.19. The summed E-state index contributed by atoms with van der Waals surface area (Å²) in [7, 11) is 0. The van der Waals surface area contributed by atoms with E-state index in [1.54, 1.807) is 5.57 Å². The minimum Gasteiger partial charge on any atom is -0.481 e. The van der Waals surface area contributed by atoms with E-state index >= 15 is 0 Å². The van der Waals surface area contributed by atoms with Gasteiger partial charge in [0, 0.05) is 25.2 Å². The molecule has 5 heteroatoms. The van der Waals surface area contributed by atoms with Gasteiger partial charge >= 0.3 is 5.97 Å². The Labute approximate surface area is 297 Å². The predicted molar refractivity (Wildman–Crippen MR) is 198 cm³/mol. The number of nitrogens with one attached hydrogen (secondary N) is 2. The van der Waals surface area contributed by atoms with Crippen molar-refractivity contribution in [3.8, 4) is 0 Å². The molecule has 8 rings (SSSR count). The van der Waals surface area contributed by atoms with E-state index < -0.39 is 5.97 Å². The smallest absolute Gasteiger partial charge is 0.306 e. The minimum absolute atomic E-state index is 0.119. The normalized spacial score (nSPS) is 49.4. The Kier molecular flexibility index (Phi) is 8.52. The molecule has 5 saturated carbocycles. The van der Waals surface area contributed by atoms with Crippen molar-refractivity contribution in [2.24, 2.45) is 69.0 Å². The second-order valence-electron chi connectivity index (χ2n) is 20.1. The van der Waals surface area contributed by atoms with Crippen LogP contribution in [0, 0.1) is 69.0 Å². The molecule has 7 aliphatic carbocycles. The number of hydrogen-bond donors (Lipinski definition) is 3. The Hall–Kier alpha value is -1.43. The van der Waals surface area contributed by atoms with Gasteiger partial charge in [-0.3, -0.25) is 4.79 Å². The highest BCUT2D eigenvalue weighted by Crippen LogP contribution is 2.76. The average molecular weight is 673 g/mol. The van der Waals surface area contributed by atoms with Crippen molar-refractivity contribution in [1.29, 1.82) is 0 Å². The molecule has 272 valence electrons. The van der Waals surface area contributed by atoms with Crippen LogP contribution in [-0.2, 0) is 9.53 Å². The van der Waals surface area contributed by atoms with Crippen molar-refractivity contribution >= 4 is 5.97 Å². The van der Waals surface area contributed by atoms with Gasteiger partial charge in [-0.25, -0.2) is 0 Å². The van der Waals surface area contributed by atoms with Gasteiger partial charge in [-0.1, -0.05) is 58.9 Å². The molecule has 0 amide bonds. The molecule has 0 aromatic carbocycles. The lowest BCUT2D eigenvalue weighted by atomic mass is 9.33. The molecule has 6 fully saturated rings. The summed E-state index contributed by atoms with van der Waals surface area (Å²) in [5.74, 6) is 4.36. The van der Waals surface area contributed by atoms with Gasteiger partial charge in [-0.2, -0.15) is 0 Å². The highest BCUT2D eigenvalue weighted by atomic mass is 16.5. The monoisotopic (exact) mass is 673 g/mol. The first-order valence-corrected chi connectivity index (χ1v) is 20.6. The van der Waals surface area contributed by atoms with E-state index in [1.165, 1.54) is 75.4 Å². The number of aliphatic carboxylic acids is 1. The molecule has 0 radical (unpaired) electrons. The summed E-state index contributed by atoms with van der Waals surface area (Å²) in [6.07, 6.45) is 21.0. The summed E-state index contributed by atoms with van der Waals surface area (Å²) < 4.78 is 6.02. The molecule has 49 heavy (non-hydrogen) atoms. The number of rotatable bonds is 9. The van der Waals surface area contributed by atoms with Gasteiger partial charge in [0.05, 0.1) is 18.6 Å². The van der Waals surface area contributed by atoms with Gasteiger partial charge in [0.2, 0.25) is 0 Å². The van der Waals surface area contributed by atoms with E-state index in [9.17, 15) is 9.90 Å². The number of carboxylic acid groups (broad SMARTS) is 1. The number of carboxylic acids is 1. The largest absolute Gasteiger partial charge is 0.481 e. The molecule has 0 bridgehead atoms. The number of carbonyl (C=O) groups is 1. The first-order chi connectivity index (χ1) is 23.3. The molecule has 2 unspecified atom stereocenters. The third-order valence-corrected chi connectivity index (χ3v) is 17.9. The first-order valence-electron chi connectivity index (χ1n) is 20.6. The van der Waals surface area contributed by atoms with Crippen LogP contribution in [0.2, 0.25) is 0 Å². The van der Waals surface area contributed by atoms with Crippen molar-refractivity contribution in [3.63, 3.8) is 0 Å². The van der Waals surface area contributed by atoms with Crippen molar-refractivity contribution in [1.82, 2.24) is 10.6 Å². The van der Waals surface area contributed by atoms with Gasteiger partial charge < -0.3 is 20.5 Å². The molecule has 0 aromatic rings. The average Bonchev–Trinajstić information content (AvgIpc) is 3.56. The Morgan fingerprint density at radius 2 is 1.78 bits per heavy atom. The van der Waals surface area contributed by atoms with Gasteiger partial charge in [-0.05, 0) is 165 Å². The zero-order chi connectivity index (χ0) is 34.6. The van der Waals surface area contributed by atoms with E-state index in [2.05, 4.69) is 70.9 Å². The lowest BCUT2D eigenvalue weighted by molar-refractivity contribution is -0.221. The Morgan fingerprint density at radius 3 is 2.45 bits per heavy atom. The Balaban J connectivity index is 1.01. The molecule has 0 spiro atoms. The molecule has 1 saturated heterocycles. The molecule has 1 heterocycles. The predicted octanol–water partition coefficient (Wildman–Crippen LogP) is 8.96. The fourth-order valence-electron chi connectivity index (χ4n) is 15.1. The Morgan fingerprint density at radius 1 is 0.959 bits per heavy atom. The van der Waals surface area contributed by atoms with Crippen LogP contribution in [0.1, 0.15) is 125 Å². The molecule has 13 atom stereocenters. The van der Waals surface area contributed by atoms with Crippen LogP contribution < -0.4 is 10.6 Å².